The molecule has 0 spiro atoms. The molecular weight excluding hydrogens is 775 g/mol. The molecule has 1 saturated heterocycles. The van der Waals surface area contributed by atoms with E-state index in [2.05, 4.69) is 9.98 Å². The Morgan fingerprint density at radius 2 is 1.68 bits per heavy atom. The number of amides is 1. The number of aliphatic hydroxyl groups is 5. The molecule has 316 valence electrons. The summed E-state index contributed by atoms with van der Waals surface area (Å²) < 4.78 is 11.0. The highest BCUT2D eigenvalue weighted by Gasteiger charge is 2.66. The van der Waals surface area contributed by atoms with Gasteiger partial charge in [-0.15, -0.1) is 0 Å². The van der Waals surface area contributed by atoms with E-state index in [0.29, 0.717) is 36.2 Å². The van der Waals surface area contributed by atoms with Gasteiger partial charge in [0.25, 0.3) is 5.91 Å². The van der Waals surface area contributed by atoms with E-state index in [1.165, 1.54) is 30.4 Å². The van der Waals surface area contributed by atoms with E-state index in [1.807, 2.05) is 43.3 Å². The number of carboxylic acid groups (broad SMARTS) is 1. The molecule has 8 rings (SSSR count). The predicted octanol–water partition coefficient (Wildman–Crippen LogP) is 3.46. The number of anilines is 1. The fraction of sp³-hybridized carbons (Fsp3) is 0.422. The minimum absolute atomic E-state index is 0.0310. The van der Waals surface area contributed by atoms with Gasteiger partial charge in [0.05, 0.1) is 23.7 Å². The molecule has 1 saturated carbocycles. The number of nitrogens with zero attached hydrogens (tertiary/aromatic N) is 3. The molecule has 5 aliphatic rings. The van der Waals surface area contributed by atoms with Gasteiger partial charge in [-0.2, -0.15) is 0 Å². The first-order valence-electron chi connectivity index (χ1n) is 20.3. The molecule has 3 heterocycles. The Hall–Kier alpha value is -5.42. The Balaban J connectivity index is 1.23. The molecule has 8 N–H and O–H groups in total. The number of aliphatic carboxylic acids is 1. The maximum Gasteiger partial charge on any atom is 0.355 e. The highest BCUT2D eigenvalue weighted by molar-refractivity contribution is 6.43. The molecular formula is C45H49N3O12. The number of rotatable bonds is 11. The maximum atomic E-state index is 14.8. The van der Waals surface area contributed by atoms with Crippen LogP contribution in [0.3, 0.4) is 0 Å². The number of aromatic hydroxyl groups is 2. The van der Waals surface area contributed by atoms with Crippen molar-refractivity contribution in [1.82, 2.24) is 0 Å². The van der Waals surface area contributed by atoms with Gasteiger partial charge in [0, 0.05) is 35.5 Å². The van der Waals surface area contributed by atoms with Crippen molar-refractivity contribution in [3.8, 4) is 17.2 Å². The third kappa shape index (κ3) is 6.69. The second kappa shape index (κ2) is 15.9. The number of hydrogen-bond acceptors (Lipinski definition) is 13. The number of phenolic OH excluding ortho intramolecular Hbond substituents is 2. The van der Waals surface area contributed by atoms with E-state index in [-0.39, 0.29) is 11.4 Å². The first-order chi connectivity index (χ1) is 28.8. The lowest BCUT2D eigenvalue weighted by Gasteiger charge is -2.46. The molecule has 3 aromatic rings. The molecule has 2 aliphatic carbocycles. The Kier molecular flexibility index (Phi) is 10.9. The number of aliphatic hydroxyl groups excluding tert-OH is 4. The summed E-state index contributed by atoms with van der Waals surface area (Å²) in [5.74, 6) is -7.69. The van der Waals surface area contributed by atoms with Crippen LogP contribution in [0.25, 0.3) is 6.08 Å². The van der Waals surface area contributed by atoms with E-state index in [0.717, 1.165) is 54.0 Å². The molecule has 60 heavy (non-hydrogen) atoms. The van der Waals surface area contributed by atoms with Gasteiger partial charge in [0.15, 0.2) is 23.1 Å². The van der Waals surface area contributed by atoms with Crippen molar-refractivity contribution in [3.05, 3.63) is 101 Å². The molecule has 3 aromatic carbocycles. The number of benzene rings is 3. The van der Waals surface area contributed by atoms with Crippen LogP contribution >= 0.6 is 0 Å². The zero-order chi connectivity index (χ0) is 42.6. The number of carboxylic acids is 1. The van der Waals surface area contributed by atoms with E-state index < -0.39 is 83.2 Å². The summed E-state index contributed by atoms with van der Waals surface area (Å²) in [6, 6.07) is 17.2. The number of aliphatic imine (C=N–C) groups is 2. The number of phenols is 2. The summed E-state index contributed by atoms with van der Waals surface area (Å²) >= 11 is 0. The van der Waals surface area contributed by atoms with E-state index in [9.17, 15) is 50.4 Å². The summed E-state index contributed by atoms with van der Waals surface area (Å²) in [6.45, 7) is 1.41. The quantitative estimate of drug-likeness (QED) is 0.0788. The van der Waals surface area contributed by atoms with Gasteiger partial charge in [-0.05, 0) is 66.1 Å². The van der Waals surface area contributed by atoms with Crippen LogP contribution < -0.4 is 9.64 Å². The van der Waals surface area contributed by atoms with Crippen molar-refractivity contribution < 1.29 is 59.9 Å². The van der Waals surface area contributed by atoms with Crippen LogP contribution in [0.5, 0.6) is 17.2 Å². The Morgan fingerprint density at radius 3 is 2.38 bits per heavy atom. The van der Waals surface area contributed by atoms with Gasteiger partial charge in [0.1, 0.15) is 30.7 Å². The number of hydrogen-bond donors (Lipinski definition) is 8. The standard InChI is InChI=1S/C45H49N3O12/c1-2-30-31(47-24-46-30)20-26-19-25(11-13-33(26)50)12-14-37(52)48-32-22-35(59-45(58)41(55)40(54)39(53)36(23-49)60-45)34(51)21-28(32)38-29(15-18-44(38,48)42(56)57)43(16-7-4-8-17-43)27-9-5-3-6-10-27/h3,5-6,9-15,18-19,21-22,29,36,38-41,49-51,53-55,58H,2,4,7-8,16-17,20,23-24H2,1H3,(H,56,57). The maximum absolute atomic E-state index is 14.8. The van der Waals surface area contributed by atoms with E-state index in [4.69, 9.17) is 9.47 Å². The third-order valence-corrected chi connectivity index (χ3v) is 13.0. The van der Waals surface area contributed by atoms with E-state index >= 15 is 0 Å². The molecule has 0 radical (unpaired) electrons. The molecule has 15 heteroatoms. The summed E-state index contributed by atoms with van der Waals surface area (Å²) in [7, 11) is 0. The number of carbonyl (C=O) groups is 2. The minimum Gasteiger partial charge on any atom is -0.508 e. The largest absolute Gasteiger partial charge is 0.508 e. The zero-order valence-corrected chi connectivity index (χ0v) is 33.0. The Morgan fingerprint density at radius 1 is 0.950 bits per heavy atom. The molecule has 1 amide bonds. The monoisotopic (exact) mass is 823 g/mol. The van der Waals surface area contributed by atoms with Crippen LogP contribution in [0.4, 0.5) is 5.69 Å². The average Bonchev–Trinajstić information content (AvgIpc) is 3.95. The number of carbonyl (C=O) groups excluding carboxylic acids is 1. The zero-order valence-electron chi connectivity index (χ0n) is 33.0. The fourth-order valence-corrected chi connectivity index (χ4v) is 10.1. The fourth-order valence-electron chi connectivity index (χ4n) is 10.1. The summed E-state index contributed by atoms with van der Waals surface area (Å²) in [4.78, 5) is 38.7. The number of allylic oxidation sites excluding steroid dienone is 1. The van der Waals surface area contributed by atoms with Crippen molar-refractivity contribution in [2.75, 3.05) is 18.2 Å². The van der Waals surface area contributed by atoms with Crippen LogP contribution in [0.1, 0.15) is 73.6 Å². The van der Waals surface area contributed by atoms with Crippen molar-refractivity contribution in [2.24, 2.45) is 15.9 Å². The highest BCUT2D eigenvalue weighted by Crippen LogP contribution is 2.64. The highest BCUT2D eigenvalue weighted by atomic mass is 16.8. The van der Waals surface area contributed by atoms with Crippen LogP contribution in [-0.2, 0) is 26.2 Å². The first kappa shape index (κ1) is 41.3. The lowest BCUT2D eigenvalue weighted by Crippen LogP contribution is -2.67. The van der Waals surface area contributed by atoms with Crippen molar-refractivity contribution >= 4 is 35.1 Å². The topological polar surface area (TPSA) is 242 Å². The minimum atomic E-state index is -3.11. The van der Waals surface area contributed by atoms with Gasteiger partial charge in [-0.3, -0.25) is 19.7 Å². The van der Waals surface area contributed by atoms with Crippen LogP contribution in [0, 0.1) is 5.92 Å². The predicted molar refractivity (Wildman–Crippen MR) is 219 cm³/mol. The van der Waals surface area contributed by atoms with Crippen molar-refractivity contribution in [2.45, 2.75) is 99.1 Å². The summed E-state index contributed by atoms with van der Waals surface area (Å²) in [5, 5.41) is 86.4. The van der Waals surface area contributed by atoms with Gasteiger partial charge in [0.2, 0.25) is 0 Å². The lowest BCUT2D eigenvalue weighted by molar-refractivity contribution is -0.422. The SMILES string of the molecule is CCC1=NCN=C1Cc1cc(C=CC(=O)N2c3cc(OC4(O)OC(CO)C(O)C(O)C4O)c(O)cc3C3C(C4(c5ccccc5)CCCCC4)C=CC32C(=O)O)ccc1O. The van der Waals surface area contributed by atoms with Gasteiger partial charge < -0.3 is 50.3 Å². The lowest BCUT2D eigenvalue weighted by atomic mass is 9.57. The third-order valence-electron chi connectivity index (χ3n) is 13.0. The Bertz CT molecular complexity index is 2290. The molecule has 2 fully saturated rings. The van der Waals surface area contributed by atoms with Gasteiger partial charge in [-0.25, -0.2) is 4.79 Å². The van der Waals surface area contributed by atoms with Crippen LogP contribution in [0.15, 0.2) is 88.9 Å². The summed E-state index contributed by atoms with van der Waals surface area (Å²) in [6.07, 6.45) is 3.72. The van der Waals surface area contributed by atoms with E-state index in [1.54, 1.807) is 18.2 Å². The first-order valence-corrected chi connectivity index (χ1v) is 20.3. The van der Waals surface area contributed by atoms with Crippen LogP contribution in [-0.4, -0.2) is 113 Å². The Labute approximate surface area is 345 Å². The normalized spacial score (nSPS) is 30.5. The summed E-state index contributed by atoms with van der Waals surface area (Å²) in [5.41, 5.74) is 1.55. The average molecular weight is 824 g/mol. The van der Waals surface area contributed by atoms with Gasteiger partial charge in [-0.1, -0.05) is 74.7 Å². The molecule has 15 nitrogen and oxygen atoms in total. The number of ether oxygens (including phenoxy) is 2. The van der Waals surface area contributed by atoms with Crippen molar-refractivity contribution in [3.63, 3.8) is 0 Å². The number of fused-ring (bicyclic) bond motifs is 3. The second-order valence-corrected chi connectivity index (χ2v) is 16.2. The van der Waals surface area contributed by atoms with Gasteiger partial charge >= 0.3 is 11.9 Å². The molecule has 8 unspecified atom stereocenters. The molecule has 8 atom stereocenters. The van der Waals surface area contributed by atoms with Crippen molar-refractivity contribution in [1.29, 1.82) is 0 Å². The molecule has 3 aliphatic heterocycles. The van der Waals surface area contributed by atoms with Crippen LogP contribution in [0.2, 0.25) is 0 Å². The molecule has 0 aromatic heterocycles. The molecule has 0 bridgehead atoms. The smallest absolute Gasteiger partial charge is 0.355 e. The second-order valence-electron chi connectivity index (χ2n) is 16.2.